The van der Waals surface area contributed by atoms with Crippen molar-refractivity contribution < 1.29 is 9.47 Å². The van der Waals surface area contributed by atoms with Gasteiger partial charge in [0.1, 0.15) is 0 Å². The van der Waals surface area contributed by atoms with Gasteiger partial charge in [-0.2, -0.15) is 0 Å². The number of aliphatic imine (C=N–C) groups is 1. The molecule has 6 heteroatoms. The molecule has 1 N–H and O–H groups in total. The summed E-state index contributed by atoms with van der Waals surface area (Å²) in [7, 11) is 3.30. The highest BCUT2D eigenvalue weighted by Gasteiger charge is 2.35. The zero-order valence-electron chi connectivity index (χ0n) is 15.6. The lowest BCUT2D eigenvalue weighted by molar-refractivity contribution is 0.332. The van der Waals surface area contributed by atoms with Crippen LogP contribution in [-0.4, -0.2) is 37.4 Å². The van der Waals surface area contributed by atoms with E-state index in [9.17, 15) is 0 Å². The molecule has 0 spiro atoms. The number of methoxy groups -OCH3 is 2. The van der Waals surface area contributed by atoms with Crippen molar-refractivity contribution in [3.63, 3.8) is 0 Å². The van der Waals surface area contributed by atoms with Crippen LogP contribution in [0.5, 0.6) is 11.5 Å². The molecule has 0 unspecified atom stereocenters. The van der Waals surface area contributed by atoms with Gasteiger partial charge in [0.15, 0.2) is 17.3 Å². The summed E-state index contributed by atoms with van der Waals surface area (Å²) in [6.07, 6.45) is 8.88. The number of benzene rings is 1. The van der Waals surface area contributed by atoms with E-state index in [0.717, 1.165) is 30.2 Å². The van der Waals surface area contributed by atoms with Crippen LogP contribution in [-0.2, 0) is 0 Å². The number of nitrogens with zero attached hydrogens (tertiary/aromatic N) is 3. The summed E-state index contributed by atoms with van der Waals surface area (Å²) in [5.41, 5.74) is 3.56. The molecular formula is C20H24N4O2. The van der Waals surface area contributed by atoms with E-state index in [2.05, 4.69) is 46.4 Å². The Bertz CT molecular complexity index is 851. The Kier molecular flexibility index (Phi) is 4.00. The molecule has 136 valence electrons. The third-order valence-electron chi connectivity index (χ3n) is 4.92. The highest BCUT2D eigenvalue weighted by atomic mass is 16.5. The molecule has 0 saturated heterocycles. The number of anilines is 1. The Morgan fingerprint density at radius 3 is 2.65 bits per heavy atom. The maximum Gasteiger partial charge on any atom is 0.162 e. The molecule has 3 aliphatic heterocycles. The first-order chi connectivity index (χ1) is 12.5. The average Bonchev–Trinajstić information content (AvgIpc) is 2.66. The SMILES string of the molecule is COc1ccc(N2C=C3N=CC=CN3C3=C2CNC(C)(C)C3)cc1OC. The number of allylic oxidation sites excluding steroid dienone is 1. The third kappa shape index (κ3) is 2.76. The second-order valence-corrected chi connectivity index (χ2v) is 7.19. The smallest absolute Gasteiger partial charge is 0.162 e. The zero-order valence-corrected chi connectivity index (χ0v) is 15.6. The minimum absolute atomic E-state index is 0.0412. The Balaban J connectivity index is 1.81. The summed E-state index contributed by atoms with van der Waals surface area (Å²) in [5, 5.41) is 3.63. The first kappa shape index (κ1) is 16.7. The standard InChI is InChI=1S/C20H24N4O2/c1-20(2)11-15-16(12-22-20)24(13-19-21-8-5-9-23(15)19)14-6-7-17(25-3)18(10-14)26-4/h5-10,13,22H,11-12H2,1-4H3. The first-order valence-corrected chi connectivity index (χ1v) is 8.72. The van der Waals surface area contributed by atoms with Crippen LogP contribution in [0.25, 0.3) is 0 Å². The molecule has 0 fully saturated rings. The fourth-order valence-electron chi connectivity index (χ4n) is 3.56. The Labute approximate surface area is 154 Å². The summed E-state index contributed by atoms with van der Waals surface area (Å²) in [4.78, 5) is 8.95. The number of hydrogen-bond acceptors (Lipinski definition) is 6. The lowest BCUT2D eigenvalue weighted by Gasteiger charge is -2.44. The van der Waals surface area contributed by atoms with Gasteiger partial charge in [0, 0.05) is 48.4 Å². The van der Waals surface area contributed by atoms with Crippen molar-refractivity contribution in [3.05, 3.63) is 53.9 Å². The van der Waals surface area contributed by atoms with Crippen molar-refractivity contribution in [2.24, 2.45) is 4.99 Å². The highest BCUT2D eigenvalue weighted by molar-refractivity contribution is 5.74. The van der Waals surface area contributed by atoms with Crippen LogP contribution >= 0.6 is 0 Å². The van der Waals surface area contributed by atoms with Crippen LogP contribution in [0.1, 0.15) is 20.3 Å². The normalized spacial score (nSPS) is 20.5. The van der Waals surface area contributed by atoms with Gasteiger partial charge in [0.2, 0.25) is 0 Å². The third-order valence-corrected chi connectivity index (χ3v) is 4.92. The lowest BCUT2D eigenvalue weighted by atomic mass is 9.91. The molecule has 26 heavy (non-hydrogen) atoms. The summed E-state index contributed by atoms with van der Waals surface area (Å²) >= 11 is 0. The summed E-state index contributed by atoms with van der Waals surface area (Å²) in [6.45, 7) is 5.24. The maximum atomic E-state index is 5.49. The summed E-state index contributed by atoms with van der Waals surface area (Å²) in [5.74, 6) is 2.35. The van der Waals surface area contributed by atoms with Gasteiger partial charge >= 0.3 is 0 Å². The molecule has 3 heterocycles. The predicted molar refractivity (Wildman–Crippen MR) is 103 cm³/mol. The molecule has 3 aliphatic rings. The second kappa shape index (κ2) is 6.21. The number of nitrogens with one attached hydrogen (secondary N) is 1. The van der Waals surface area contributed by atoms with Gasteiger partial charge in [-0.05, 0) is 32.1 Å². The number of ether oxygens (including phenoxy) is 2. The molecule has 0 radical (unpaired) electrons. The van der Waals surface area contributed by atoms with Crippen LogP contribution < -0.4 is 19.7 Å². The Hall–Kier alpha value is -2.73. The van der Waals surface area contributed by atoms with Crippen molar-refractivity contribution >= 4 is 11.9 Å². The number of rotatable bonds is 3. The van der Waals surface area contributed by atoms with Gasteiger partial charge in [-0.1, -0.05) is 0 Å². The summed E-state index contributed by atoms with van der Waals surface area (Å²) in [6, 6.07) is 5.97. The van der Waals surface area contributed by atoms with Crippen LogP contribution in [0, 0.1) is 0 Å². The molecule has 0 amide bonds. The van der Waals surface area contributed by atoms with Gasteiger partial charge < -0.3 is 24.6 Å². The van der Waals surface area contributed by atoms with Crippen LogP contribution in [0.2, 0.25) is 0 Å². The van der Waals surface area contributed by atoms with E-state index < -0.39 is 0 Å². The fraction of sp³-hybridized carbons (Fsp3) is 0.350. The molecule has 0 atom stereocenters. The first-order valence-electron chi connectivity index (χ1n) is 8.72. The van der Waals surface area contributed by atoms with Crippen molar-refractivity contribution in [1.29, 1.82) is 0 Å². The largest absolute Gasteiger partial charge is 0.493 e. The maximum absolute atomic E-state index is 5.49. The molecule has 4 rings (SSSR count). The lowest BCUT2D eigenvalue weighted by Crippen LogP contribution is -2.50. The average molecular weight is 352 g/mol. The van der Waals surface area contributed by atoms with E-state index in [-0.39, 0.29) is 5.54 Å². The monoisotopic (exact) mass is 352 g/mol. The van der Waals surface area contributed by atoms with Gasteiger partial charge in [0.25, 0.3) is 0 Å². The van der Waals surface area contributed by atoms with Gasteiger partial charge in [-0.15, -0.1) is 0 Å². The molecular weight excluding hydrogens is 328 g/mol. The van der Waals surface area contributed by atoms with Crippen molar-refractivity contribution in [1.82, 2.24) is 10.2 Å². The Morgan fingerprint density at radius 1 is 1.08 bits per heavy atom. The molecule has 6 nitrogen and oxygen atoms in total. The van der Waals surface area contributed by atoms with E-state index in [1.165, 1.54) is 11.4 Å². The molecule has 0 aliphatic carbocycles. The minimum Gasteiger partial charge on any atom is -0.493 e. The highest BCUT2D eigenvalue weighted by Crippen LogP contribution is 2.40. The summed E-state index contributed by atoms with van der Waals surface area (Å²) < 4.78 is 10.9. The van der Waals surface area contributed by atoms with Crippen molar-refractivity contribution in [2.75, 3.05) is 25.7 Å². The number of fused-ring (bicyclic) bond motifs is 2. The van der Waals surface area contributed by atoms with E-state index in [0.29, 0.717) is 5.75 Å². The van der Waals surface area contributed by atoms with E-state index in [1.807, 2.05) is 30.5 Å². The van der Waals surface area contributed by atoms with Crippen LogP contribution in [0.15, 0.2) is 58.9 Å². The molecule has 0 bridgehead atoms. The molecule has 0 aromatic heterocycles. The van der Waals surface area contributed by atoms with Gasteiger partial charge in [-0.3, -0.25) is 0 Å². The molecule has 1 aromatic rings. The topological polar surface area (TPSA) is 49.3 Å². The van der Waals surface area contributed by atoms with Crippen LogP contribution in [0.3, 0.4) is 0 Å². The molecule has 0 saturated carbocycles. The van der Waals surface area contributed by atoms with E-state index in [4.69, 9.17) is 9.47 Å². The zero-order chi connectivity index (χ0) is 18.3. The minimum atomic E-state index is 0.0412. The van der Waals surface area contributed by atoms with Crippen LogP contribution in [0.4, 0.5) is 5.69 Å². The number of hydrogen-bond donors (Lipinski definition) is 1. The van der Waals surface area contributed by atoms with Gasteiger partial charge in [-0.25, -0.2) is 4.99 Å². The second-order valence-electron chi connectivity index (χ2n) is 7.19. The van der Waals surface area contributed by atoms with E-state index >= 15 is 0 Å². The van der Waals surface area contributed by atoms with Gasteiger partial charge in [0.05, 0.1) is 26.1 Å². The van der Waals surface area contributed by atoms with Crippen molar-refractivity contribution in [2.45, 2.75) is 25.8 Å². The van der Waals surface area contributed by atoms with E-state index in [1.54, 1.807) is 14.2 Å². The molecule has 1 aromatic carbocycles. The predicted octanol–water partition coefficient (Wildman–Crippen LogP) is 3.21. The quantitative estimate of drug-likeness (QED) is 0.905. The Morgan fingerprint density at radius 2 is 1.88 bits per heavy atom. The van der Waals surface area contributed by atoms with Crippen molar-refractivity contribution in [3.8, 4) is 11.5 Å². The fourth-order valence-corrected chi connectivity index (χ4v) is 3.56.